The topological polar surface area (TPSA) is 68.0 Å². The van der Waals surface area contributed by atoms with Crippen LogP contribution in [0.4, 0.5) is 0 Å². The van der Waals surface area contributed by atoms with Crippen LogP contribution < -0.4 is 5.32 Å². The summed E-state index contributed by atoms with van der Waals surface area (Å²) in [6.07, 6.45) is 2.51. The molecule has 1 atom stereocenters. The van der Waals surface area contributed by atoms with E-state index in [2.05, 4.69) is 26.9 Å². The van der Waals surface area contributed by atoms with E-state index in [4.69, 9.17) is 4.52 Å². The van der Waals surface area contributed by atoms with Crippen molar-refractivity contribution < 1.29 is 9.32 Å². The van der Waals surface area contributed by atoms with E-state index in [0.717, 1.165) is 17.9 Å². The van der Waals surface area contributed by atoms with E-state index in [9.17, 15) is 4.79 Å². The van der Waals surface area contributed by atoms with E-state index < -0.39 is 0 Å². The van der Waals surface area contributed by atoms with Crippen molar-refractivity contribution in [1.82, 2.24) is 15.5 Å². The molecule has 0 aromatic carbocycles. The maximum atomic E-state index is 12.6. The molecule has 0 aliphatic heterocycles. The Balaban J connectivity index is 1.63. The van der Waals surface area contributed by atoms with Crippen molar-refractivity contribution in [1.29, 1.82) is 0 Å². The number of amides is 1. The van der Waals surface area contributed by atoms with Gasteiger partial charge in [-0.3, -0.25) is 4.79 Å². The van der Waals surface area contributed by atoms with Crippen molar-refractivity contribution in [3.05, 3.63) is 63.8 Å². The zero-order valence-electron chi connectivity index (χ0n) is 14.1. The van der Waals surface area contributed by atoms with Crippen LogP contribution in [0.3, 0.4) is 0 Å². The third kappa shape index (κ3) is 4.93. The Labute approximate surface area is 154 Å². The van der Waals surface area contributed by atoms with Crippen molar-refractivity contribution >= 4 is 29.0 Å². The minimum Gasteiger partial charge on any atom is -0.361 e. The fraction of sp³-hybridized carbons (Fsp3) is 0.278. The van der Waals surface area contributed by atoms with Crippen LogP contribution in [-0.2, 0) is 12.2 Å². The minimum absolute atomic E-state index is 0.0540. The van der Waals surface area contributed by atoms with Crippen LogP contribution >= 0.6 is 23.1 Å². The van der Waals surface area contributed by atoms with E-state index in [-0.39, 0.29) is 11.9 Å². The summed E-state index contributed by atoms with van der Waals surface area (Å²) in [7, 11) is 0. The number of carbonyl (C=O) groups excluding carboxylic acids is 1. The zero-order valence-corrected chi connectivity index (χ0v) is 15.7. The highest BCUT2D eigenvalue weighted by Crippen LogP contribution is 2.24. The Bertz CT molecular complexity index is 830. The van der Waals surface area contributed by atoms with Gasteiger partial charge in [-0.15, -0.1) is 0 Å². The molecule has 3 aromatic rings. The lowest BCUT2D eigenvalue weighted by Crippen LogP contribution is -2.34. The van der Waals surface area contributed by atoms with Crippen LogP contribution in [0, 0.1) is 6.92 Å². The van der Waals surface area contributed by atoms with Gasteiger partial charge in [-0.05, 0) is 54.8 Å². The van der Waals surface area contributed by atoms with Crippen LogP contribution in [0.25, 0.3) is 0 Å². The summed E-state index contributed by atoms with van der Waals surface area (Å²) in [6, 6.07) is 7.61. The number of thioether (sulfide) groups is 1. The summed E-state index contributed by atoms with van der Waals surface area (Å²) in [5.41, 5.74) is 2.66. The summed E-state index contributed by atoms with van der Waals surface area (Å²) >= 11 is 3.15. The van der Waals surface area contributed by atoms with Crippen LogP contribution in [0.5, 0.6) is 0 Å². The van der Waals surface area contributed by atoms with Gasteiger partial charge in [0.2, 0.25) is 0 Å². The average Bonchev–Trinajstić information content (AvgIpc) is 3.24. The highest BCUT2D eigenvalue weighted by atomic mass is 32.2. The number of hydrogen-bond donors (Lipinski definition) is 1. The molecule has 0 saturated heterocycles. The molecule has 3 rings (SSSR count). The van der Waals surface area contributed by atoms with Crippen molar-refractivity contribution in [2.45, 2.75) is 37.1 Å². The number of aromatic nitrogens is 2. The summed E-state index contributed by atoms with van der Waals surface area (Å²) in [4.78, 5) is 17.0. The molecule has 0 spiro atoms. The molecule has 1 unspecified atom stereocenters. The third-order valence-electron chi connectivity index (χ3n) is 3.55. The average molecular weight is 374 g/mol. The van der Waals surface area contributed by atoms with Gasteiger partial charge in [0.25, 0.3) is 5.91 Å². The monoisotopic (exact) mass is 373 g/mol. The molecule has 1 amide bonds. The number of thiophene rings is 1. The van der Waals surface area contributed by atoms with Gasteiger partial charge < -0.3 is 9.84 Å². The Morgan fingerprint density at radius 2 is 2.32 bits per heavy atom. The maximum absolute atomic E-state index is 12.6. The van der Waals surface area contributed by atoms with Crippen molar-refractivity contribution in [2.75, 3.05) is 0 Å². The van der Waals surface area contributed by atoms with Gasteiger partial charge in [-0.25, -0.2) is 4.98 Å². The minimum atomic E-state index is -0.102. The summed E-state index contributed by atoms with van der Waals surface area (Å²) in [6.45, 7) is 3.87. The van der Waals surface area contributed by atoms with Gasteiger partial charge >= 0.3 is 0 Å². The first kappa shape index (κ1) is 17.7. The number of hydrogen-bond acceptors (Lipinski definition) is 6. The SMILES string of the molecule is Cc1cc(CSc2ncccc2C(=O)NC(C)Cc2ccsc2)no1. The fourth-order valence-corrected chi connectivity index (χ4v) is 3.98. The molecule has 130 valence electrons. The Morgan fingerprint density at radius 3 is 3.04 bits per heavy atom. The molecule has 0 radical (unpaired) electrons. The van der Waals surface area contributed by atoms with Gasteiger partial charge in [0.15, 0.2) is 0 Å². The molecule has 0 bridgehead atoms. The lowest BCUT2D eigenvalue weighted by atomic mass is 10.1. The Kier molecular flexibility index (Phi) is 5.88. The second-order valence-corrected chi connectivity index (χ2v) is 7.53. The number of rotatable bonds is 7. The van der Waals surface area contributed by atoms with E-state index in [1.807, 2.05) is 25.3 Å². The first-order valence-electron chi connectivity index (χ1n) is 7.94. The second-order valence-electron chi connectivity index (χ2n) is 5.78. The molecule has 5 nitrogen and oxygen atoms in total. The van der Waals surface area contributed by atoms with Crippen LogP contribution in [-0.4, -0.2) is 22.1 Å². The number of pyridine rings is 1. The Morgan fingerprint density at radius 1 is 1.44 bits per heavy atom. The first-order valence-corrected chi connectivity index (χ1v) is 9.86. The normalized spacial score (nSPS) is 12.1. The van der Waals surface area contributed by atoms with Crippen molar-refractivity contribution in [2.24, 2.45) is 0 Å². The molecule has 1 N–H and O–H groups in total. The largest absolute Gasteiger partial charge is 0.361 e. The van der Waals surface area contributed by atoms with Gasteiger partial charge in [-0.1, -0.05) is 16.9 Å². The molecule has 7 heteroatoms. The molecule has 3 heterocycles. The quantitative estimate of drug-likeness (QED) is 0.632. The number of nitrogens with zero attached hydrogens (tertiary/aromatic N) is 2. The standard InChI is InChI=1S/C18H19N3O2S2/c1-12(8-14-5-7-24-10-14)20-17(22)16-4-3-6-19-18(16)25-11-15-9-13(2)23-21-15/h3-7,9-10,12H,8,11H2,1-2H3,(H,20,22). The zero-order chi connectivity index (χ0) is 17.6. The number of carbonyl (C=O) groups is 1. The number of aryl methyl sites for hydroxylation is 1. The molecule has 25 heavy (non-hydrogen) atoms. The highest BCUT2D eigenvalue weighted by Gasteiger charge is 2.16. The van der Waals surface area contributed by atoms with E-state index >= 15 is 0 Å². The summed E-state index contributed by atoms with van der Waals surface area (Å²) < 4.78 is 5.07. The molecular weight excluding hydrogens is 354 g/mol. The van der Waals surface area contributed by atoms with Gasteiger partial charge in [-0.2, -0.15) is 11.3 Å². The van der Waals surface area contributed by atoms with Crippen molar-refractivity contribution in [3.8, 4) is 0 Å². The maximum Gasteiger partial charge on any atom is 0.254 e. The molecular formula is C18H19N3O2S2. The molecule has 0 saturated carbocycles. The predicted molar refractivity (Wildman–Crippen MR) is 100.0 cm³/mol. The molecule has 3 aromatic heterocycles. The molecule has 0 aliphatic rings. The van der Waals surface area contributed by atoms with Crippen LogP contribution in [0.15, 0.2) is 50.8 Å². The van der Waals surface area contributed by atoms with Crippen LogP contribution in [0.2, 0.25) is 0 Å². The van der Waals surface area contributed by atoms with Gasteiger partial charge in [0.1, 0.15) is 10.8 Å². The predicted octanol–water partition coefficient (Wildman–Crippen LogP) is 4.09. The third-order valence-corrected chi connectivity index (χ3v) is 5.32. The smallest absolute Gasteiger partial charge is 0.254 e. The van der Waals surface area contributed by atoms with Gasteiger partial charge in [0, 0.05) is 24.1 Å². The second kappa shape index (κ2) is 8.31. The first-order chi connectivity index (χ1) is 12.1. The number of nitrogens with one attached hydrogen (secondary N) is 1. The Hall–Kier alpha value is -2.12. The summed E-state index contributed by atoms with van der Waals surface area (Å²) in [5.74, 6) is 1.28. The lowest BCUT2D eigenvalue weighted by Gasteiger charge is -2.14. The highest BCUT2D eigenvalue weighted by molar-refractivity contribution is 7.98. The van der Waals surface area contributed by atoms with E-state index in [0.29, 0.717) is 16.3 Å². The molecule has 0 aliphatic carbocycles. The van der Waals surface area contributed by atoms with E-state index in [1.54, 1.807) is 29.7 Å². The van der Waals surface area contributed by atoms with Crippen molar-refractivity contribution in [3.63, 3.8) is 0 Å². The molecule has 0 fully saturated rings. The summed E-state index contributed by atoms with van der Waals surface area (Å²) in [5, 5.41) is 11.9. The lowest BCUT2D eigenvalue weighted by molar-refractivity contribution is 0.0936. The van der Waals surface area contributed by atoms with Crippen LogP contribution in [0.1, 0.15) is 34.3 Å². The van der Waals surface area contributed by atoms with Gasteiger partial charge in [0.05, 0.1) is 11.3 Å². The fourth-order valence-electron chi connectivity index (χ4n) is 2.42. The van der Waals surface area contributed by atoms with E-state index in [1.165, 1.54) is 17.3 Å².